The van der Waals surface area contributed by atoms with Gasteiger partial charge in [-0.3, -0.25) is 10.1 Å². The molecule has 0 aliphatic rings. The van der Waals surface area contributed by atoms with Gasteiger partial charge in [0.25, 0.3) is 11.9 Å². The summed E-state index contributed by atoms with van der Waals surface area (Å²) in [5.41, 5.74) is 1.57. The number of carbonyl (C=O) groups is 1. The second kappa shape index (κ2) is 11.7. The molecule has 0 spiro atoms. The minimum Gasteiger partial charge on any atom is -0.462 e. The minimum absolute atomic E-state index is 0.0474. The molecule has 1 aromatic carbocycles. The molecule has 0 aliphatic carbocycles. The molecule has 0 radical (unpaired) electrons. The molecule has 1 aromatic rings. The second-order valence-electron chi connectivity index (χ2n) is 6.89. The Morgan fingerprint density at radius 1 is 1.19 bits per heavy atom. The summed E-state index contributed by atoms with van der Waals surface area (Å²) >= 11 is 0. The van der Waals surface area contributed by atoms with Crippen molar-refractivity contribution in [3.05, 3.63) is 35.4 Å². The molecule has 0 bridgehead atoms. The fourth-order valence-corrected chi connectivity index (χ4v) is 2.72. The van der Waals surface area contributed by atoms with E-state index in [-0.39, 0.29) is 18.1 Å². The summed E-state index contributed by atoms with van der Waals surface area (Å²) < 4.78 is 5.73. The molecule has 146 valence electrons. The number of benzene rings is 1. The van der Waals surface area contributed by atoms with Gasteiger partial charge in [0, 0.05) is 5.56 Å². The van der Waals surface area contributed by atoms with Crippen LogP contribution in [0.1, 0.15) is 63.4 Å². The molecule has 0 aromatic heterocycles. The van der Waals surface area contributed by atoms with Crippen LogP contribution in [0.25, 0.3) is 0 Å². The Labute approximate surface area is 158 Å². The van der Waals surface area contributed by atoms with E-state index in [4.69, 9.17) is 4.74 Å². The lowest BCUT2D eigenvalue weighted by molar-refractivity contribution is 0.0959. The van der Waals surface area contributed by atoms with Crippen LogP contribution in [0.4, 0.5) is 0 Å². The van der Waals surface area contributed by atoms with Gasteiger partial charge in [-0.1, -0.05) is 32.0 Å². The molecule has 0 unspecified atom stereocenters. The van der Waals surface area contributed by atoms with Crippen LogP contribution in [0.5, 0.6) is 0 Å². The van der Waals surface area contributed by atoms with E-state index in [2.05, 4.69) is 36.0 Å². The largest absolute Gasteiger partial charge is 0.462 e. The standard InChI is InChI=1S/C21H35N3O2/c1-7-24(8-2)15-11-13-18(6)22-21(26-16(3)4)23-20(25)19-14-10-9-12-17(19)5/h9-10,12,14,16,18H,7-8,11,13,15H2,1-6H3,(H,22,23,25)/t18-/m0/s1. The number of hydrogen-bond acceptors (Lipinski definition) is 4. The van der Waals surface area contributed by atoms with Crippen molar-refractivity contribution in [2.24, 2.45) is 4.99 Å². The lowest BCUT2D eigenvalue weighted by Crippen LogP contribution is -2.35. The van der Waals surface area contributed by atoms with Crippen LogP contribution < -0.4 is 5.32 Å². The topological polar surface area (TPSA) is 53.9 Å². The third-order valence-electron chi connectivity index (χ3n) is 4.29. The van der Waals surface area contributed by atoms with E-state index < -0.39 is 0 Å². The average Bonchev–Trinajstić information content (AvgIpc) is 2.58. The third-order valence-corrected chi connectivity index (χ3v) is 4.29. The zero-order chi connectivity index (χ0) is 19.5. The van der Waals surface area contributed by atoms with Crippen LogP contribution in [-0.4, -0.2) is 48.6 Å². The number of nitrogens with one attached hydrogen (secondary N) is 1. The van der Waals surface area contributed by atoms with Crippen LogP contribution >= 0.6 is 0 Å². The van der Waals surface area contributed by atoms with Crippen molar-refractivity contribution in [3.63, 3.8) is 0 Å². The van der Waals surface area contributed by atoms with Crippen LogP contribution in [-0.2, 0) is 4.74 Å². The smallest absolute Gasteiger partial charge is 0.292 e. The number of amides is 1. The average molecular weight is 362 g/mol. The van der Waals surface area contributed by atoms with Crippen molar-refractivity contribution in [2.45, 2.75) is 66.5 Å². The van der Waals surface area contributed by atoms with Crippen LogP contribution in [0.3, 0.4) is 0 Å². The van der Waals surface area contributed by atoms with Gasteiger partial charge in [0.05, 0.1) is 12.1 Å². The predicted octanol–water partition coefficient (Wildman–Crippen LogP) is 4.02. The number of ether oxygens (including phenoxy) is 1. The molecule has 1 N–H and O–H groups in total. The van der Waals surface area contributed by atoms with Gasteiger partial charge in [-0.15, -0.1) is 0 Å². The van der Waals surface area contributed by atoms with Crippen LogP contribution in [0.2, 0.25) is 0 Å². The van der Waals surface area contributed by atoms with Gasteiger partial charge in [-0.2, -0.15) is 0 Å². The van der Waals surface area contributed by atoms with Gasteiger partial charge >= 0.3 is 0 Å². The first-order chi connectivity index (χ1) is 12.4. The van der Waals surface area contributed by atoms with Gasteiger partial charge in [-0.05, 0) is 71.8 Å². The molecule has 5 heteroatoms. The number of nitrogens with zero attached hydrogens (tertiary/aromatic N) is 2. The number of hydrogen-bond donors (Lipinski definition) is 1. The van der Waals surface area contributed by atoms with Gasteiger partial charge < -0.3 is 9.64 Å². The van der Waals surface area contributed by atoms with E-state index in [0.717, 1.165) is 38.0 Å². The lowest BCUT2D eigenvalue weighted by Gasteiger charge is -2.19. The number of rotatable bonds is 9. The van der Waals surface area contributed by atoms with Crippen molar-refractivity contribution in [1.82, 2.24) is 10.2 Å². The Kier molecular flexibility index (Phi) is 9.96. The normalized spacial score (nSPS) is 13.2. The molecule has 0 fully saturated rings. The molecule has 1 rings (SSSR count). The predicted molar refractivity (Wildman–Crippen MR) is 109 cm³/mol. The minimum atomic E-state index is -0.183. The summed E-state index contributed by atoms with van der Waals surface area (Å²) in [5.74, 6) is -0.183. The van der Waals surface area contributed by atoms with Crippen molar-refractivity contribution in [1.29, 1.82) is 0 Å². The molecule has 1 atom stereocenters. The molecule has 0 saturated heterocycles. The molecule has 1 amide bonds. The van der Waals surface area contributed by atoms with Gasteiger partial charge in [0.15, 0.2) is 0 Å². The number of aliphatic imine (C=N–C) groups is 1. The zero-order valence-corrected chi connectivity index (χ0v) is 17.2. The van der Waals surface area contributed by atoms with Crippen molar-refractivity contribution < 1.29 is 9.53 Å². The summed E-state index contributed by atoms with van der Waals surface area (Å²) in [4.78, 5) is 19.6. The number of carbonyl (C=O) groups excluding carboxylic acids is 1. The monoisotopic (exact) mass is 361 g/mol. The Hall–Kier alpha value is -1.88. The summed E-state index contributed by atoms with van der Waals surface area (Å²) in [6.45, 7) is 15.4. The number of aryl methyl sites for hydroxylation is 1. The Bertz CT molecular complexity index is 580. The van der Waals surface area contributed by atoms with Crippen molar-refractivity contribution in [2.75, 3.05) is 19.6 Å². The highest BCUT2D eigenvalue weighted by Crippen LogP contribution is 2.08. The second-order valence-corrected chi connectivity index (χ2v) is 6.89. The first-order valence-electron chi connectivity index (χ1n) is 9.71. The molecule has 0 aliphatic heterocycles. The van der Waals surface area contributed by atoms with E-state index in [1.54, 1.807) is 0 Å². The number of amidine groups is 1. The summed E-state index contributed by atoms with van der Waals surface area (Å²) in [6, 6.07) is 7.91. The molecule has 26 heavy (non-hydrogen) atoms. The summed E-state index contributed by atoms with van der Waals surface area (Å²) in [6.07, 6.45) is 1.99. The highest BCUT2D eigenvalue weighted by atomic mass is 16.5. The summed E-state index contributed by atoms with van der Waals surface area (Å²) in [7, 11) is 0. The van der Waals surface area contributed by atoms with Gasteiger partial charge in [-0.25, -0.2) is 4.99 Å². The van der Waals surface area contributed by atoms with Crippen molar-refractivity contribution in [3.8, 4) is 0 Å². The fraction of sp³-hybridized carbons (Fsp3) is 0.619. The maximum atomic E-state index is 12.5. The van der Waals surface area contributed by atoms with E-state index in [0.29, 0.717) is 11.6 Å². The molecule has 0 saturated carbocycles. The van der Waals surface area contributed by atoms with Crippen molar-refractivity contribution >= 4 is 11.9 Å². The van der Waals surface area contributed by atoms with Gasteiger partial charge in [0.1, 0.15) is 0 Å². The van der Waals surface area contributed by atoms with E-state index in [1.165, 1.54) is 0 Å². The van der Waals surface area contributed by atoms with Crippen LogP contribution in [0.15, 0.2) is 29.3 Å². The molecule has 0 heterocycles. The zero-order valence-electron chi connectivity index (χ0n) is 17.2. The quantitative estimate of drug-likeness (QED) is 0.534. The Balaban J connectivity index is 2.71. The maximum absolute atomic E-state index is 12.5. The van der Waals surface area contributed by atoms with E-state index >= 15 is 0 Å². The van der Waals surface area contributed by atoms with E-state index in [1.807, 2.05) is 45.0 Å². The fourth-order valence-electron chi connectivity index (χ4n) is 2.72. The van der Waals surface area contributed by atoms with E-state index in [9.17, 15) is 4.79 Å². The Morgan fingerprint density at radius 2 is 1.85 bits per heavy atom. The van der Waals surface area contributed by atoms with Crippen LogP contribution in [0, 0.1) is 6.92 Å². The molecular formula is C21H35N3O2. The Morgan fingerprint density at radius 3 is 2.42 bits per heavy atom. The summed E-state index contributed by atoms with van der Waals surface area (Å²) in [5, 5.41) is 2.84. The SMILES string of the molecule is CCN(CC)CCC[C@H](C)N=C(NC(=O)c1ccccc1C)OC(C)C. The highest BCUT2D eigenvalue weighted by Gasteiger charge is 2.14. The third kappa shape index (κ3) is 8.00. The maximum Gasteiger partial charge on any atom is 0.292 e. The first-order valence-corrected chi connectivity index (χ1v) is 9.71. The van der Waals surface area contributed by atoms with Gasteiger partial charge in [0.2, 0.25) is 0 Å². The molecular weight excluding hydrogens is 326 g/mol. The molecule has 5 nitrogen and oxygen atoms in total. The first kappa shape index (κ1) is 22.2. The lowest BCUT2D eigenvalue weighted by atomic mass is 10.1. The highest BCUT2D eigenvalue weighted by molar-refractivity contribution is 6.05.